The molecule has 34 heavy (non-hydrogen) atoms. The number of hydrogen-bond donors (Lipinski definition) is 12. The van der Waals surface area contributed by atoms with Gasteiger partial charge < -0.3 is 66.0 Å². The topological polar surface area (TPSA) is 255 Å². The molecular formula is C20H33NO13. The third-order valence-corrected chi connectivity index (χ3v) is 6.04. The van der Waals surface area contributed by atoms with Gasteiger partial charge in [0.15, 0.2) is 6.29 Å². The average Bonchev–Trinajstić information content (AvgIpc) is 2.75. The summed E-state index contributed by atoms with van der Waals surface area (Å²) in [6.45, 7) is -2.18. The molecule has 0 bridgehead atoms. The number of aliphatic hydroxyl groups excluding tert-OH is 1. The lowest BCUT2D eigenvalue weighted by atomic mass is 9.74. The smallest absolute Gasteiger partial charge is 0.349 e. The Hall–Kier alpha value is -1.34. The van der Waals surface area contributed by atoms with Crippen molar-refractivity contribution in [2.45, 2.75) is 67.8 Å². The number of aliphatic hydroxyl groups is 12. The second-order valence-corrected chi connectivity index (χ2v) is 8.54. The molecule has 14 nitrogen and oxygen atoms in total. The number of benzene rings is 1. The van der Waals surface area contributed by atoms with E-state index in [0.29, 0.717) is 18.4 Å². The Morgan fingerprint density at radius 1 is 0.765 bits per heavy atom. The number of nitrogens with zero attached hydrogens (tertiary/aromatic N) is 1. The predicted octanol–water partition coefficient (Wildman–Crippen LogP) is -4.37. The van der Waals surface area contributed by atoms with E-state index in [9.17, 15) is 61.3 Å². The van der Waals surface area contributed by atoms with E-state index < -0.39 is 53.7 Å². The molecule has 0 aromatic heterocycles. The standard InChI is InChI=1S/C20H33NO13/c22-15(11-21(17(24,25)19(28,29)30)18(26,27)20(31,32)33)34-12-16(23,13-7-3-1-4-8-13)14-9-5-2-6-10-14/h1,3-4,7-8,14-15,22-33H,2,5-6,9-12H2/t15-,16?/m0/s1. The Kier molecular flexibility index (Phi) is 8.78. The van der Waals surface area contributed by atoms with Gasteiger partial charge in [0.05, 0.1) is 13.2 Å². The summed E-state index contributed by atoms with van der Waals surface area (Å²) in [7, 11) is 0. The molecule has 1 aliphatic carbocycles. The van der Waals surface area contributed by atoms with Crippen molar-refractivity contribution in [1.82, 2.24) is 4.90 Å². The van der Waals surface area contributed by atoms with E-state index in [1.54, 1.807) is 30.3 Å². The van der Waals surface area contributed by atoms with Crippen LogP contribution in [0.25, 0.3) is 0 Å². The number of hydrogen-bond acceptors (Lipinski definition) is 14. The summed E-state index contributed by atoms with van der Waals surface area (Å²) in [5, 5.41) is 116. The zero-order chi connectivity index (χ0) is 26.0. The largest absolute Gasteiger partial charge is 0.382 e. The minimum absolute atomic E-state index is 0.295. The lowest BCUT2D eigenvalue weighted by molar-refractivity contribution is -0.565. The van der Waals surface area contributed by atoms with Crippen molar-refractivity contribution in [3.63, 3.8) is 0 Å². The Balaban J connectivity index is 2.29. The summed E-state index contributed by atoms with van der Waals surface area (Å²) in [5.74, 6) is -18.4. The second-order valence-electron chi connectivity index (χ2n) is 8.54. The fraction of sp³-hybridized carbons (Fsp3) is 0.700. The fourth-order valence-electron chi connectivity index (χ4n) is 4.01. The van der Waals surface area contributed by atoms with Crippen molar-refractivity contribution < 1.29 is 66.0 Å². The Morgan fingerprint density at radius 2 is 1.24 bits per heavy atom. The molecule has 0 spiro atoms. The van der Waals surface area contributed by atoms with E-state index in [4.69, 9.17) is 4.74 Å². The first kappa shape index (κ1) is 28.9. The molecule has 1 aromatic rings. The van der Waals surface area contributed by atoms with Gasteiger partial charge in [-0.25, -0.2) is 0 Å². The maximum Gasteiger partial charge on any atom is 0.349 e. The second kappa shape index (κ2) is 10.3. The minimum Gasteiger partial charge on any atom is -0.382 e. The number of rotatable bonds is 11. The highest BCUT2D eigenvalue weighted by molar-refractivity contribution is 5.23. The van der Waals surface area contributed by atoms with Crippen LogP contribution in [0.15, 0.2) is 30.3 Å². The zero-order valence-electron chi connectivity index (χ0n) is 18.2. The average molecular weight is 495 g/mol. The van der Waals surface area contributed by atoms with Crippen LogP contribution in [0.5, 0.6) is 0 Å². The van der Waals surface area contributed by atoms with Crippen molar-refractivity contribution in [2.75, 3.05) is 13.2 Å². The molecule has 2 rings (SSSR count). The van der Waals surface area contributed by atoms with Crippen LogP contribution in [0.2, 0.25) is 0 Å². The summed E-state index contributed by atoms with van der Waals surface area (Å²) in [5.41, 5.74) is -1.19. The van der Waals surface area contributed by atoms with Gasteiger partial charge in [0.1, 0.15) is 5.60 Å². The Bertz CT molecular complexity index is 745. The van der Waals surface area contributed by atoms with Gasteiger partial charge in [0, 0.05) is 0 Å². The van der Waals surface area contributed by atoms with Gasteiger partial charge in [-0.15, -0.1) is 0 Å². The zero-order valence-corrected chi connectivity index (χ0v) is 18.2. The van der Waals surface area contributed by atoms with Gasteiger partial charge in [-0.3, -0.25) is 0 Å². The molecule has 1 aliphatic rings. The molecule has 1 unspecified atom stereocenters. The van der Waals surface area contributed by atoms with E-state index in [2.05, 4.69) is 0 Å². The van der Waals surface area contributed by atoms with Crippen molar-refractivity contribution in [3.8, 4) is 0 Å². The van der Waals surface area contributed by atoms with E-state index in [1.165, 1.54) is 0 Å². The molecule has 14 heteroatoms. The molecule has 0 aliphatic heterocycles. The molecule has 2 atom stereocenters. The Morgan fingerprint density at radius 3 is 1.68 bits per heavy atom. The van der Waals surface area contributed by atoms with Gasteiger partial charge in [0.25, 0.3) is 0 Å². The van der Waals surface area contributed by atoms with E-state index in [-0.39, 0.29) is 5.92 Å². The molecule has 12 N–H and O–H groups in total. The minimum atomic E-state index is -4.55. The molecule has 0 heterocycles. The third kappa shape index (κ3) is 6.07. The van der Waals surface area contributed by atoms with Crippen LogP contribution in [0.3, 0.4) is 0 Å². The van der Waals surface area contributed by atoms with Crippen molar-refractivity contribution in [3.05, 3.63) is 35.9 Å². The van der Waals surface area contributed by atoms with E-state index >= 15 is 0 Å². The molecular weight excluding hydrogens is 462 g/mol. The fourth-order valence-corrected chi connectivity index (χ4v) is 4.01. The first-order valence-corrected chi connectivity index (χ1v) is 10.5. The van der Waals surface area contributed by atoms with Crippen LogP contribution >= 0.6 is 0 Å². The van der Waals surface area contributed by atoms with Gasteiger partial charge in [-0.05, 0) is 24.3 Å². The molecule has 1 fully saturated rings. The van der Waals surface area contributed by atoms with Crippen LogP contribution < -0.4 is 0 Å². The van der Waals surface area contributed by atoms with E-state index in [0.717, 1.165) is 19.3 Å². The molecule has 1 saturated carbocycles. The lowest BCUT2D eigenvalue weighted by Crippen LogP contribution is -2.77. The van der Waals surface area contributed by atoms with Crippen molar-refractivity contribution in [2.24, 2.45) is 5.92 Å². The lowest BCUT2D eigenvalue weighted by Gasteiger charge is -2.47. The third-order valence-electron chi connectivity index (χ3n) is 6.04. The monoisotopic (exact) mass is 495 g/mol. The summed E-state index contributed by atoms with van der Waals surface area (Å²) in [4.78, 5) is -0.868. The summed E-state index contributed by atoms with van der Waals surface area (Å²) >= 11 is 0. The van der Waals surface area contributed by atoms with Gasteiger partial charge in [-0.2, -0.15) is 4.90 Å². The SMILES string of the molecule is O[C@H](CN(C(O)(O)C(O)(O)O)C(O)(O)C(O)(O)O)OCC(O)(c1ccccc1)C1CCCCC1. The highest BCUT2D eigenvalue weighted by Crippen LogP contribution is 2.40. The van der Waals surface area contributed by atoms with E-state index in [1.807, 2.05) is 0 Å². The van der Waals surface area contributed by atoms with Crippen LogP contribution in [0.1, 0.15) is 37.7 Å². The summed E-state index contributed by atoms with van der Waals surface area (Å²) in [6.07, 6.45) is 1.60. The quantitative estimate of drug-likeness (QED) is 0.130. The van der Waals surface area contributed by atoms with Gasteiger partial charge in [0.2, 0.25) is 0 Å². The van der Waals surface area contributed by atoms with Crippen LogP contribution in [0.4, 0.5) is 0 Å². The Labute approximate surface area is 194 Å². The highest BCUT2D eigenvalue weighted by Gasteiger charge is 2.65. The van der Waals surface area contributed by atoms with Crippen LogP contribution in [0, 0.1) is 5.92 Å². The maximum absolute atomic E-state index is 11.5. The van der Waals surface area contributed by atoms with Crippen molar-refractivity contribution in [1.29, 1.82) is 0 Å². The maximum atomic E-state index is 11.5. The first-order valence-electron chi connectivity index (χ1n) is 10.5. The first-order chi connectivity index (χ1) is 15.4. The molecule has 0 radical (unpaired) electrons. The highest BCUT2D eigenvalue weighted by atomic mass is 16.8. The van der Waals surface area contributed by atoms with Crippen LogP contribution in [-0.4, -0.2) is 109 Å². The molecule has 0 amide bonds. The number of ether oxygens (including phenoxy) is 1. The van der Waals surface area contributed by atoms with Crippen LogP contribution in [-0.2, 0) is 10.3 Å². The van der Waals surface area contributed by atoms with Crippen molar-refractivity contribution >= 4 is 0 Å². The summed E-state index contributed by atoms with van der Waals surface area (Å²) in [6, 6.07) is 8.32. The van der Waals surface area contributed by atoms with Gasteiger partial charge in [-0.1, -0.05) is 49.6 Å². The van der Waals surface area contributed by atoms with Gasteiger partial charge >= 0.3 is 23.8 Å². The molecule has 196 valence electrons. The molecule has 0 saturated heterocycles. The normalized spacial score (nSPS) is 19.8. The molecule has 1 aromatic carbocycles. The predicted molar refractivity (Wildman–Crippen MR) is 109 cm³/mol. The summed E-state index contributed by atoms with van der Waals surface area (Å²) < 4.78 is 5.19.